The van der Waals surface area contributed by atoms with Crippen LogP contribution >= 0.6 is 0 Å². The number of carbonyl (C=O) groups is 2. The quantitative estimate of drug-likeness (QED) is 0.734. The SMILES string of the molecule is O=C(O)C1C(C(=O)N2CCOCC2)[C@H]2CC[C@@H]1O2. The summed E-state index contributed by atoms with van der Waals surface area (Å²) in [5.74, 6) is -2.15. The summed E-state index contributed by atoms with van der Waals surface area (Å²) >= 11 is 0. The second kappa shape index (κ2) is 4.51. The molecule has 6 nitrogen and oxygen atoms in total. The molecule has 2 bridgehead atoms. The number of carboxylic acids is 1. The summed E-state index contributed by atoms with van der Waals surface area (Å²) in [4.78, 5) is 25.5. The van der Waals surface area contributed by atoms with Crippen LogP contribution in [0.2, 0.25) is 0 Å². The second-order valence-corrected chi connectivity index (χ2v) is 5.12. The Balaban J connectivity index is 1.77. The average molecular weight is 255 g/mol. The number of nitrogens with zero attached hydrogens (tertiary/aromatic N) is 1. The average Bonchev–Trinajstić information content (AvgIpc) is 2.99. The third-order valence-corrected chi connectivity index (χ3v) is 4.17. The number of hydrogen-bond acceptors (Lipinski definition) is 4. The molecule has 0 aliphatic carbocycles. The van der Waals surface area contributed by atoms with Crippen molar-refractivity contribution in [2.24, 2.45) is 11.8 Å². The van der Waals surface area contributed by atoms with Gasteiger partial charge in [0, 0.05) is 13.1 Å². The molecule has 3 aliphatic rings. The zero-order chi connectivity index (χ0) is 12.7. The molecule has 100 valence electrons. The van der Waals surface area contributed by atoms with Crippen LogP contribution in [-0.4, -0.2) is 60.4 Å². The number of fused-ring (bicyclic) bond motifs is 2. The predicted octanol–water partition coefficient (Wildman–Crippen LogP) is -0.277. The third kappa shape index (κ3) is 1.80. The van der Waals surface area contributed by atoms with Crippen molar-refractivity contribution < 1.29 is 24.2 Å². The summed E-state index contributed by atoms with van der Waals surface area (Å²) in [7, 11) is 0. The summed E-state index contributed by atoms with van der Waals surface area (Å²) in [5.41, 5.74) is 0. The molecule has 3 rings (SSSR count). The van der Waals surface area contributed by atoms with E-state index in [4.69, 9.17) is 9.47 Å². The molecular weight excluding hydrogens is 238 g/mol. The van der Waals surface area contributed by atoms with Gasteiger partial charge in [0.15, 0.2) is 0 Å². The van der Waals surface area contributed by atoms with Crippen LogP contribution in [0.25, 0.3) is 0 Å². The van der Waals surface area contributed by atoms with Crippen molar-refractivity contribution in [1.29, 1.82) is 0 Å². The van der Waals surface area contributed by atoms with E-state index in [1.165, 1.54) is 0 Å². The number of morpholine rings is 1. The van der Waals surface area contributed by atoms with Gasteiger partial charge in [-0.05, 0) is 12.8 Å². The lowest BCUT2D eigenvalue weighted by atomic mass is 9.78. The molecule has 0 aromatic rings. The van der Waals surface area contributed by atoms with Crippen LogP contribution in [0.5, 0.6) is 0 Å². The van der Waals surface area contributed by atoms with Crippen molar-refractivity contribution in [2.75, 3.05) is 26.3 Å². The van der Waals surface area contributed by atoms with Gasteiger partial charge in [0.1, 0.15) is 0 Å². The normalized spacial score (nSPS) is 39.0. The number of carbonyl (C=O) groups excluding carboxylic acids is 1. The van der Waals surface area contributed by atoms with E-state index in [2.05, 4.69) is 0 Å². The number of carboxylic acid groups (broad SMARTS) is 1. The Morgan fingerprint density at radius 2 is 1.67 bits per heavy atom. The van der Waals surface area contributed by atoms with Gasteiger partial charge < -0.3 is 19.5 Å². The molecule has 3 aliphatic heterocycles. The van der Waals surface area contributed by atoms with Crippen LogP contribution in [-0.2, 0) is 19.1 Å². The van der Waals surface area contributed by atoms with Crippen molar-refractivity contribution in [1.82, 2.24) is 4.90 Å². The highest BCUT2D eigenvalue weighted by atomic mass is 16.5. The van der Waals surface area contributed by atoms with Gasteiger partial charge in [-0.15, -0.1) is 0 Å². The largest absolute Gasteiger partial charge is 0.481 e. The van der Waals surface area contributed by atoms with Gasteiger partial charge in [-0.3, -0.25) is 9.59 Å². The van der Waals surface area contributed by atoms with E-state index in [1.54, 1.807) is 4.90 Å². The van der Waals surface area contributed by atoms with Crippen LogP contribution in [0.1, 0.15) is 12.8 Å². The molecule has 3 heterocycles. The summed E-state index contributed by atoms with van der Waals surface area (Å²) in [6.45, 7) is 2.18. The minimum Gasteiger partial charge on any atom is -0.481 e. The van der Waals surface area contributed by atoms with Crippen molar-refractivity contribution in [2.45, 2.75) is 25.0 Å². The fraction of sp³-hybridized carbons (Fsp3) is 0.833. The molecular formula is C12H17NO5. The highest BCUT2D eigenvalue weighted by molar-refractivity contribution is 5.86. The van der Waals surface area contributed by atoms with E-state index in [0.717, 1.165) is 12.8 Å². The Hall–Kier alpha value is -1.14. The van der Waals surface area contributed by atoms with E-state index in [-0.39, 0.29) is 18.1 Å². The zero-order valence-electron chi connectivity index (χ0n) is 10.1. The monoisotopic (exact) mass is 255 g/mol. The highest BCUT2D eigenvalue weighted by Gasteiger charge is 2.56. The number of hydrogen-bond donors (Lipinski definition) is 1. The topological polar surface area (TPSA) is 76.1 Å². The number of rotatable bonds is 2. The molecule has 3 saturated heterocycles. The van der Waals surface area contributed by atoms with Crippen molar-refractivity contribution in [3.05, 3.63) is 0 Å². The first-order valence-corrected chi connectivity index (χ1v) is 6.43. The van der Waals surface area contributed by atoms with Crippen LogP contribution < -0.4 is 0 Å². The van der Waals surface area contributed by atoms with Crippen LogP contribution in [0.3, 0.4) is 0 Å². The molecule has 0 saturated carbocycles. The Bertz CT molecular complexity index is 365. The molecule has 0 spiro atoms. The molecule has 1 N–H and O–H groups in total. The molecule has 3 fully saturated rings. The van der Waals surface area contributed by atoms with Gasteiger partial charge in [-0.25, -0.2) is 0 Å². The molecule has 6 heteroatoms. The van der Waals surface area contributed by atoms with Crippen molar-refractivity contribution >= 4 is 11.9 Å². The van der Waals surface area contributed by atoms with Gasteiger partial charge in [0.25, 0.3) is 0 Å². The van der Waals surface area contributed by atoms with Gasteiger partial charge in [0.2, 0.25) is 5.91 Å². The Kier molecular flexibility index (Phi) is 2.99. The lowest BCUT2D eigenvalue weighted by Crippen LogP contribution is -2.49. The van der Waals surface area contributed by atoms with E-state index in [0.29, 0.717) is 26.3 Å². The summed E-state index contributed by atoms with van der Waals surface area (Å²) < 4.78 is 10.8. The molecule has 0 aromatic heterocycles. The fourth-order valence-electron chi connectivity index (χ4n) is 3.30. The van der Waals surface area contributed by atoms with Gasteiger partial charge in [-0.1, -0.05) is 0 Å². The minimum atomic E-state index is -0.909. The standard InChI is InChI=1S/C12H17NO5/c14-11(13-3-5-17-6-4-13)9-7-1-2-8(18-7)10(9)12(15)16/h7-10H,1-6H2,(H,15,16)/t7-,8+,9?,10?/m1/s1. The number of amides is 1. The van der Waals surface area contributed by atoms with Crippen LogP contribution in [0.15, 0.2) is 0 Å². The summed E-state index contributed by atoms with van der Waals surface area (Å²) in [6, 6.07) is 0. The molecule has 2 unspecified atom stereocenters. The predicted molar refractivity (Wildman–Crippen MR) is 59.9 cm³/mol. The van der Waals surface area contributed by atoms with Gasteiger partial charge in [0.05, 0.1) is 37.3 Å². The van der Waals surface area contributed by atoms with E-state index in [1.807, 2.05) is 0 Å². The maximum atomic E-state index is 12.4. The van der Waals surface area contributed by atoms with Crippen LogP contribution in [0.4, 0.5) is 0 Å². The highest BCUT2D eigenvalue weighted by Crippen LogP contribution is 2.44. The first-order valence-electron chi connectivity index (χ1n) is 6.43. The first kappa shape index (κ1) is 11.9. The summed E-state index contributed by atoms with van der Waals surface area (Å²) in [5, 5.41) is 9.28. The maximum absolute atomic E-state index is 12.4. The molecule has 4 atom stereocenters. The lowest BCUT2D eigenvalue weighted by molar-refractivity contribution is -0.152. The second-order valence-electron chi connectivity index (χ2n) is 5.12. The van der Waals surface area contributed by atoms with Crippen molar-refractivity contribution in [3.8, 4) is 0 Å². The smallest absolute Gasteiger partial charge is 0.310 e. The first-order chi connectivity index (χ1) is 8.68. The van der Waals surface area contributed by atoms with E-state index < -0.39 is 17.8 Å². The molecule has 0 aromatic carbocycles. The third-order valence-electron chi connectivity index (χ3n) is 4.17. The molecule has 18 heavy (non-hydrogen) atoms. The van der Waals surface area contributed by atoms with Gasteiger partial charge in [-0.2, -0.15) is 0 Å². The maximum Gasteiger partial charge on any atom is 0.310 e. The number of aliphatic carboxylic acids is 1. The minimum absolute atomic E-state index is 0.0714. The molecule has 0 radical (unpaired) electrons. The van der Waals surface area contributed by atoms with E-state index >= 15 is 0 Å². The lowest BCUT2D eigenvalue weighted by Gasteiger charge is -2.32. The van der Waals surface area contributed by atoms with Crippen LogP contribution in [0, 0.1) is 11.8 Å². The van der Waals surface area contributed by atoms with Gasteiger partial charge >= 0.3 is 5.97 Å². The zero-order valence-corrected chi connectivity index (χ0v) is 10.1. The Labute approximate surface area is 105 Å². The van der Waals surface area contributed by atoms with Crippen molar-refractivity contribution in [3.63, 3.8) is 0 Å². The number of ether oxygens (including phenoxy) is 2. The fourth-order valence-corrected chi connectivity index (χ4v) is 3.30. The summed E-state index contributed by atoms with van der Waals surface area (Å²) in [6.07, 6.45) is 1.08. The Morgan fingerprint density at radius 1 is 1.06 bits per heavy atom. The van der Waals surface area contributed by atoms with E-state index in [9.17, 15) is 14.7 Å². The Morgan fingerprint density at radius 3 is 2.28 bits per heavy atom. The molecule has 1 amide bonds.